The van der Waals surface area contributed by atoms with Crippen molar-refractivity contribution < 1.29 is 4.79 Å². The minimum atomic E-state index is 0.241. The third-order valence-corrected chi connectivity index (χ3v) is 5.52. The highest BCUT2D eigenvalue weighted by Gasteiger charge is 2.26. The molecule has 2 aromatic rings. The van der Waals surface area contributed by atoms with Crippen LogP contribution in [0.2, 0.25) is 0 Å². The highest BCUT2D eigenvalue weighted by atomic mass is 16.1. The van der Waals surface area contributed by atoms with E-state index in [1.807, 2.05) is 6.07 Å². The van der Waals surface area contributed by atoms with Crippen LogP contribution >= 0.6 is 0 Å². The Labute approximate surface area is 143 Å². The summed E-state index contributed by atoms with van der Waals surface area (Å²) in [5.41, 5.74) is 6.12. The lowest BCUT2D eigenvalue weighted by Gasteiger charge is -2.31. The molecule has 124 valence electrons. The lowest BCUT2D eigenvalue weighted by molar-refractivity contribution is 0.0876. The van der Waals surface area contributed by atoms with Crippen molar-refractivity contribution in [2.75, 3.05) is 39.8 Å². The summed E-state index contributed by atoms with van der Waals surface area (Å²) >= 11 is 0. The van der Waals surface area contributed by atoms with Crippen LogP contribution < -0.4 is 0 Å². The van der Waals surface area contributed by atoms with Crippen molar-refractivity contribution in [2.45, 2.75) is 12.8 Å². The maximum Gasteiger partial charge on any atom is 0.176 e. The average Bonchev–Trinajstić information content (AvgIpc) is 2.90. The molecule has 1 heterocycles. The number of piperazine rings is 1. The van der Waals surface area contributed by atoms with Crippen molar-refractivity contribution in [3.8, 4) is 11.1 Å². The van der Waals surface area contributed by atoms with Gasteiger partial charge >= 0.3 is 0 Å². The first-order chi connectivity index (χ1) is 11.6. The van der Waals surface area contributed by atoms with Crippen molar-refractivity contribution in [2.24, 2.45) is 0 Å². The van der Waals surface area contributed by atoms with Gasteiger partial charge in [-0.1, -0.05) is 43.3 Å². The van der Waals surface area contributed by atoms with Crippen LogP contribution in [0.4, 0.5) is 0 Å². The van der Waals surface area contributed by atoms with Gasteiger partial charge in [-0.05, 0) is 35.4 Å². The summed E-state index contributed by atoms with van der Waals surface area (Å²) in [5, 5.41) is 0. The fourth-order valence-electron chi connectivity index (χ4n) is 3.93. The maximum absolute atomic E-state index is 12.7. The number of fused-ring (bicyclic) bond motifs is 3. The van der Waals surface area contributed by atoms with Crippen LogP contribution in [0.1, 0.15) is 34.3 Å². The Morgan fingerprint density at radius 1 is 1.00 bits per heavy atom. The number of carbonyl (C=O) groups is 1. The maximum atomic E-state index is 12.7. The molecule has 0 amide bonds. The van der Waals surface area contributed by atoms with Crippen LogP contribution in [-0.4, -0.2) is 55.4 Å². The summed E-state index contributed by atoms with van der Waals surface area (Å²) < 4.78 is 0. The molecule has 1 atom stereocenters. The Morgan fingerprint density at radius 3 is 2.50 bits per heavy atom. The van der Waals surface area contributed by atoms with Gasteiger partial charge in [0.05, 0.1) is 6.54 Å². The second-order valence-electron chi connectivity index (χ2n) is 7.11. The number of carbonyl (C=O) groups excluding carboxylic acids is 1. The molecule has 0 saturated carbocycles. The number of likely N-dealkylation sites (N-methyl/N-ethyl adjacent to an activating group) is 1. The molecule has 4 rings (SSSR count). The molecule has 3 heteroatoms. The minimum Gasteiger partial charge on any atom is -0.304 e. The predicted octanol–water partition coefficient (Wildman–Crippen LogP) is 3.25. The summed E-state index contributed by atoms with van der Waals surface area (Å²) in [6.45, 7) is 6.82. The van der Waals surface area contributed by atoms with Crippen molar-refractivity contribution in [3.05, 3.63) is 59.2 Å². The van der Waals surface area contributed by atoms with Gasteiger partial charge in [0.1, 0.15) is 0 Å². The fourth-order valence-corrected chi connectivity index (χ4v) is 3.93. The van der Waals surface area contributed by atoms with E-state index in [1.165, 1.54) is 22.3 Å². The van der Waals surface area contributed by atoms with E-state index in [4.69, 9.17) is 0 Å². The van der Waals surface area contributed by atoms with Gasteiger partial charge in [0.15, 0.2) is 5.78 Å². The van der Waals surface area contributed by atoms with Gasteiger partial charge in [-0.15, -0.1) is 0 Å². The van der Waals surface area contributed by atoms with Crippen LogP contribution in [-0.2, 0) is 0 Å². The van der Waals surface area contributed by atoms with E-state index >= 15 is 0 Å². The molecule has 1 aliphatic carbocycles. The van der Waals surface area contributed by atoms with E-state index < -0.39 is 0 Å². The van der Waals surface area contributed by atoms with Gasteiger partial charge in [-0.2, -0.15) is 0 Å². The zero-order valence-electron chi connectivity index (χ0n) is 14.5. The van der Waals surface area contributed by atoms with Gasteiger partial charge in [0.2, 0.25) is 0 Å². The van der Waals surface area contributed by atoms with Gasteiger partial charge < -0.3 is 4.90 Å². The van der Waals surface area contributed by atoms with Crippen LogP contribution in [0.5, 0.6) is 0 Å². The van der Waals surface area contributed by atoms with Crippen molar-refractivity contribution in [3.63, 3.8) is 0 Å². The summed E-state index contributed by atoms with van der Waals surface area (Å²) in [7, 11) is 2.14. The third kappa shape index (κ3) is 2.68. The minimum absolute atomic E-state index is 0.241. The summed E-state index contributed by atoms with van der Waals surface area (Å²) in [6.07, 6.45) is 0. The zero-order chi connectivity index (χ0) is 16.7. The van der Waals surface area contributed by atoms with Crippen LogP contribution in [0.25, 0.3) is 11.1 Å². The van der Waals surface area contributed by atoms with Crippen LogP contribution in [0.3, 0.4) is 0 Å². The Morgan fingerprint density at radius 2 is 1.71 bits per heavy atom. The SMILES string of the molecule is CC1c2ccccc2-c2ccc(C(=O)CN3CCN(C)CC3)cc21. The fraction of sp³-hybridized carbons (Fsp3) is 0.381. The smallest absolute Gasteiger partial charge is 0.176 e. The van der Waals surface area contributed by atoms with E-state index in [-0.39, 0.29) is 5.78 Å². The van der Waals surface area contributed by atoms with Crippen molar-refractivity contribution in [1.82, 2.24) is 9.80 Å². The molecular weight excluding hydrogens is 296 g/mol. The quantitative estimate of drug-likeness (QED) is 0.811. The Bertz CT molecular complexity index is 775. The highest BCUT2D eigenvalue weighted by Crippen LogP contribution is 2.44. The molecule has 0 aromatic heterocycles. The summed E-state index contributed by atoms with van der Waals surface area (Å²) in [6, 6.07) is 14.8. The monoisotopic (exact) mass is 320 g/mol. The molecule has 0 N–H and O–H groups in total. The molecule has 0 bridgehead atoms. The molecule has 1 fully saturated rings. The number of nitrogens with zero attached hydrogens (tertiary/aromatic N) is 2. The first-order valence-corrected chi connectivity index (χ1v) is 8.81. The van der Waals surface area contributed by atoms with E-state index in [1.54, 1.807) is 0 Å². The average molecular weight is 320 g/mol. The first-order valence-electron chi connectivity index (χ1n) is 8.81. The van der Waals surface area contributed by atoms with E-state index in [2.05, 4.69) is 60.2 Å². The molecule has 0 spiro atoms. The zero-order valence-corrected chi connectivity index (χ0v) is 14.5. The Hall–Kier alpha value is -1.97. The number of rotatable bonds is 3. The van der Waals surface area contributed by atoms with Crippen molar-refractivity contribution in [1.29, 1.82) is 0 Å². The molecular formula is C21H24N2O. The predicted molar refractivity (Wildman–Crippen MR) is 97.7 cm³/mol. The summed E-state index contributed by atoms with van der Waals surface area (Å²) in [5.74, 6) is 0.609. The molecule has 2 aliphatic rings. The largest absolute Gasteiger partial charge is 0.304 e. The molecule has 1 aliphatic heterocycles. The number of ketones is 1. The standard InChI is InChI=1S/C21H24N2O/c1-15-17-5-3-4-6-18(17)19-8-7-16(13-20(15)19)21(24)14-23-11-9-22(2)10-12-23/h3-8,13,15H,9-12,14H2,1-2H3. The topological polar surface area (TPSA) is 23.6 Å². The van der Waals surface area contributed by atoms with E-state index in [9.17, 15) is 4.79 Å². The normalized spacial score (nSPS) is 20.7. The number of benzene rings is 2. The lowest BCUT2D eigenvalue weighted by atomic mass is 9.96. The molecule has 1 saturated heterocycles. The molecule has 1 unspecified atom stereocenters. The number of hydrogen-bond donors (Lipinski definition) is 0. The molecule has 3 nitrogen and oxygen atoms in total. The first kappa shape index (κ1) is 15.6. The second kappa shape index (κ2) is 6.15. The molecule has 2 aromatic carbocycles. The van der Waals surface area contributed by atoms with Crippen LogP contribution in [0.15, 0.2) is 42.5 Å². The van der Waals surface area contributed by atoms with E-state index in [0.717, 1.165) is 31.7 Å². The van der Waals surface area contributed by atoms with Gasteiger partial charge in [-0.3, -0.25) is 9.69 Å². The van der Waals surface area contributed by atoms with Crippen molar-refractivity contribution >= 4 is 5.78 Å². The Kier molecular flexibility index (Phi) is 3.99. The third-order valence-electron chi connectivity index (χ3n) is 5.52. The second-order valence-corrected chi connectivity index (χ2v) is 7.11. The lowest BCUT2D eigenvalue weighted by Crippen LogP contribution is -2.46. The van der Waals surface area contributed by atoms with E-state index in [0.29, 0.717) is 12.5 Å². The number of hydrogen-bond acceptors (Lipinski definition) is 3. The molecule has 0 radical (unpaired) electrons. The van der Waals surface area contributed by atoms with Gasteiger partial charge in [-0.25, -0.2) is 0 Å². The van der Waals surface area contributed by atoms with Crippen LogP contribution in [0, 0.1) is 0 Å². The molecule has 24 heavy (non-hydrogen) atoms. The van der Waals surface area contributed by atoms with Gasteiger partial charge in [0.25, 0.3) is 0 Å². The number of Topliss-reactive ketones (excluding diaryl/α,β-unsaturated/α-hetero) is 1. The van der Waals surface area contributed by atoms with Gasteiger partial charge in [0, 0.05) is 37.7 Å². The summed E-state index contributed by atoms with van der Waals surface area (Å²) in [4.78, 5) is 17.3. The Balaban J connectivity index is 1.55. The highest BCUT2D eigenvalue weighted by molar-refractivity contribution is 5.99.